The van der Waals surface area contributed by atoms with E-state index >= 15 is 0 Å². The first-order valence-electron chi connectivity index (χ1n) is 4.98. The number of aromatic amines is 1. The van der Waals surface area contributed by atoms with Gasteiger partial charge < -0.3 is 20.1 Å². The van der Waals surface area contributed by atoms with Crippen molar-refractivity contribution in [2.24, 2.45) is 0 Å². The molecule has 4 N–H and O–H groups in total. The fourth-order valence-electron chi connectivity index (χ4n) is 1.60. The van der Waals surface area contributed by atoms with Crippen LogP contribution in [0.15, 0.2) is 20.3 Å². The molecule has 99 valence electrons. The molecule has 3 atom stereocenters. The number of ether oxygens (including phenoxy) is 1. The third-order valence-corrected chi connectivity index (χ3v) is 3.11. The van der Waals surface area contributed by atoms with Gasteiger partial charge >= 0.3 is 5.69 Å². The van der Waals surface area contributed by atoms with Crippen LogP contribution in [0.4, 0.5) is 0 Å². The summed E-state index contributed by atoms with van der Waals surface area (Å²) >= 11 is 2.93. The first-order valence-corrected chi connectivity index (χ1v) is 5.77. The number of nitrogens with zero attached hydrogens (tertiary/aromatic N) is 1. The molecule has 0 aromatic carbocycles. The Morgan fingerprint density at radius 3 is 2.67 bits per heavy atom. The van der Waals surface area contributed by atoms with Crippen LogP contribution in [0.2, 0.25) is 0 Å². The van der Waals surface area contributed by atoms with Gasteiger partial charge in [-0.3, -0.25) is 14.3 Å². The molecule has 0 aliphatic carbocycles. The van der Waals surface area contributed by atoms with Crippen LogP contribution in [0, 0.1) is 6.23 Å². The lowest BCUT2D eigenvalue weighted by Crippen LogP contribution is -2.38. The summed E-state index contributed by atoms with van der Waals surface area (Å²) in [7, 11) is 0. The van der Waals surface area contributed by atoms with Crippen molar-refractivity contribution in [3.05, 3.63) is 37.7 Å². The molecule has 0 unspecified atom stereocenters. The summed E-state index contributed by atoms with van der Waals surface area (Å²) in [6, 6.07) is 0. The van der Waals surface area contributed by atoms with Crippen LogP contribution >= 0.6 is 15.9 Å². The van der Waals surface area contributed by atoms with Gasteiger partial charge in [-0.25, -0.2) is 4.79 Å². The number of hydrogen-bond donors (Lipinski definition) is 4. The van der Waals surface area contributed by atoms with Gasteiger partial charge in [-0.2, -0.15) is 0 Å². The number of H-pyrrole nitrogens is 1. The van der Waals surface area contributed by atoms with Crippen molar-refractivity contribution in [3.8, 4) is 0 Å². The summed E-state index contributed by atoms with van der Waals surface area (Å²) in [6.07, 6.45) is -2.96. The topological polar surface area (TPSA) is 125 Å². The average Bonchev–Trinajstić information content (AvgIpc) is 2.61. The minimum absolute atomic E-state index is 0.0624. The van der Waals surface area contributed by atoms with Crippen molar-refractivity contribution < 1.29 is 20.1 Å². The second-order valence-electron chi connectivity index (χ2n) is 3.72. The van der Waals surface area contributed by atoms with E-state index in [1.54, 1.807) is 0 Å². The Morgan fingerprint density at radius 2 is 2.11 bits per heavy atom. The van der Waals surface area contributed by atoms with Crippen LogP contribution in [-0.2, 0) is 4.74 Å². The Hall–Kier alpha value is -1.00. The van der Waals surface area contributed by atoms with Gasteiger partial charge in [0.25, 0.3) is 5.56 Å². The Balaban J connectivity index is 2.42. The summed E-state index contributed by atoms with van der Waals surface area (Å²) in [5, 5.41) is 28.2. The van der Waals surface area contributed by atoms with E-state index in [-0.39, 0.29) is 10.7 Å². The third kappa shape index (κ3) is 2.15. The number of halogens is 1. The predicted molar refractivity (Wildman–Crippen MR) is 61.6 cm³/mol. The number of aromatic nitrogens is 2. The summed E-state index contributed by atoms with van der Waals surface area (Å²) in [4.78, 5) is 24.7. The van der Waals surface area contributed by atoms with E-state index in [9.17, 15) is 19.8 Å². The summed E-state index contributed by atoms with van der Waals surface area (Å²) < 4.78 is 6.00. The summed E-state index contributed by atoms with van der Waals surface area (Å²) in [6.45, 7) is -0.513. The van der Waals surface area contributed by atoms with Gasteiger partial charge in [0.2, 0.25) is 6.23 Å². The number of aliphatic hydroxyl groups is 3. The van der Waals surface area contributed by atoms with E-state index in [1.807, 2.05) is 4.98 Å². The van der Waals surface area contributed by atoms with Gasteiger partial charge in [0.05, 0.1) is 11.1 Å². The highest BCUT2D eigenvalue weighted by Gasteiger charge is 2.45. The lowest BCUT2D eigenvalue weighted by molar-refractivity contribution is -0.00687. The molecule has 0 saturated carbocycles. The monoisotopic (exact) mass is 321 g/mol. The van der Waals surface area contributed by atoms with E-state index in [1.165, 1.54) is 0 Å². The van der Waals surface area contributed by atoms with Crippen molar-refractivity contribution in [1.82, 2.24) is 9.55 Å². The molecule has 1 aliphatic rings. The normalized spacial score (nSPS) is 28.8. The van der Waals surface area contributed by atoms with Gasteiger partial charge in [-0.05, 0) is 15.9 Å². The SMILES string of the molecule is O=c1[nH]c(=O)n([C]2O[C@H](CO)[C@@H](O)[C@H]2O)cc1Br. The Labute approximate surface area is 109 Å². The van der Waals surface area contributed by atoms with Crippen LogP contribution in [0.5, 0.6) is 0 Å². The molecular weight excluding hydrogens is 312 g/mol. The average molecular weight is 322 g/mol. The molecule has 8 nitrogen and oxygen atoms in total. The van der Waals surface area contributed by atoms with Crippen molar-refractivity contribution in [3.63, 3.8) is 0 Å². The van der Waals surface area contributed by atoms with Crippen molar-refractivity contribution in [2.75, 3.05) is 6.61 Å². The Morgan fingerprint density at radius 1 is 1.44 bits per heavy atom. The second kappa shape index (κ2) is 4.94. The van der Waals surface area contributed by atoms with Crippen molar-refractivity contribution in [1.29, 1.82) is 0 Å². The van der Waals surface area contributed by atoms with Gasteiger partial charge in [-0.1, -0.05) is 0 Å². The molecule has 0 spiro atoms. The standard InChI is InChI=1S/C9H10BrN2O6/c10-3-1-12(9(17)11-7(3)16)8-6(15)5(14)4(2-13)18-8/h1,4-6,13-15H,2H2,(H,11,16,17)/t4-,5-,6-/m1/s1. The zero-order chi connectivity index (χ0) is 13.4. The first kappa shape index (κ1) is 13.4. The first-order chi connectivity index (χ1) is 8.45. The lowest BCUT2D eigenvalue weighted by Gasteiger charge is -2.15. The molecule has 2 heterocycles. The minimum atomic E-state index is -1.46. The molecule has 0 amide bonds. The highest BCUT2D eigenvalue weighted by molar-refractivity contribution is 9.10. The number of hydrogen-bond acceptors (Lipinski definition) is 6. The third-order valence-electron chi connectivity index (χ3n) is 2.55. The summed E-state index contributed by atoms with van der Waals surface area (Å²) in [5.41, 5.74) is -1.44. The van der Waals surface area contributed by atoms with Crippen LogP contribution < -0.4 is 11.2 Å². The van der Waals surface area contributed by atoms with E-state index < -0.39 is 36.2 Å². The zero-order valence-electron chi connectivity index (χ0n) is 8.91. The molecule has 1 saturated heterocycles. The predicted octanol–water partition coefficient (Wildman–Crippen LogP) is -2.25. The number of aliphatic hydroxyl groups excluding tert-OH is 3. The molecule has 2 rings (SSSR count). The van der Waals surface area contributed by atoms with Crippen LogP contribution in [-0.4, -0.2) is 49.8 Å². The molecule has 1 aromatic rings. The fraction of sp³-hybridized carbons (Fsp3) is 0.444. The highest BCUT2D eigenvalue weighted by Crippen LogP contribution is 2.27. The molecule has 1 fully saturated rings. The van der Waals surface area contributed by atoms with Crippen molar-refractivity contribution >= 4 is 15.9 Å². The highest BCUT2D eigenvalue weighted by atomic mass is 79.9. The molecule has 1 aromatic heterocycles. The van der Waals surface area contributed by atoms with Crippen LogP contribution in [0.25, 0.3) is 0 Å². The molecular formula is C9H10BrN2O6. The smallest absolute Gasteiger partial charge is 0.330 e. The van der Waals surface area contributed by atoms with Gasteiger partial charge in [0, 0.05) is 6.20 Å². The molecule has 18 heavy (non-hydrogen) atoms. The summed E-state index contributed by atoms with van der Waals surface area (Å²) in [5.74, 6) is 0. The molecule has 0 bridgehead atoms. The second-order valence-corrected chi connectivity index (χ2v) is 4.57. The zero-order valence-corrected chi connectivity index (χ0v) is 10.5. The molecule has 1 aliphatic heterocycles. The quantitative estimate of drug-likeness (QED) is 0.487. The maximum atomic E-state index is 11.6. The largest absolute Gasteiger partial charge is 0.394 e. The van der Waals surface area contributed by atoms with E-state index in [4.69, 9.17) is 9.84 Å². The van der Waals surface area contributed by atoms with E-state index in [0.717, 1.165) is 10.8 Å². The molecule has 9 heteroatoms. The Bertz CT molecular complexity index is 555. The maximum absolute atomic E-state index is 11.6. The molecule has 1 radical (unpaired) electrons. The Kier molecular flexibility index (Phi) is 3.69. The number of nitrogens with one attached hydrogen (secondary N) is 1. The van der Waals surface area contributed by atoms with Gasteiger partial charge in [0.1, 0.15) is 18.3 Å². The van der Waals surface area contributed by atoms with Gasteiger partial charge in [0.15, 0.2) is 0 Å². The maximum Gasteiger partial charge on any atom is 0.330 e. The lowest BCUT2D eigenvalue weighted by atomic mass is 10.1. The van der Waals surface area contributed by atoms with Crippen LogP contribution in [0.1, 0.15) is 0 Å². The van der Waals surface area contributed by atoms with E-state index in [2.05, 4.69) is 15.9 Å². The minimum Gasteiger partial charge on any atom is -0.394 e. The van der Waals surface area contributed by atoms with Crippen molar-refractivity contribution in [2.45, 2.75) is 18.3 Å². The van der Waals surface area contributed by atoms with Crippen LogP contribution in [0.3, 0.4) is 0 Å². The fourth-order valence-corrected chi connectivity index (χ4v) is 1.90. The number of rotatable bonds is 2. The van der Waals surface area contributed by atoms with Gasteiger partial charge in [-0.15, -0.1) is 0 Å². The van der Waals surface area contributed by atoms with E-state index in [0.29, 0.717) is 0 Å².